The minimum atomic E-state index is -0.0221. The van der Waals surface area contributed by atoms with Gasteiger partial charge in [-0.3, -0.25) is 0 Å². The molecule has 16 heavy (non-hydrogen) atoms. The van der Waals surface area contributed by atoms with Crippen molar-refractivity contribution in [2.45, 2.75) is 26.0 Å². The maximum Gasteiger partial charge on any atom is 0.158 e. The summed E-state index contributed by atoms with van der Waals surface area (Å²) in [6.07, 6.45) is 1.86. The van der Waals surface area contributed by atoms with Crippen molar-refractivity contribution in [3.05, 3.63) is 23.8 Å². The third-order valence-corrected chi connectivity index (χ3v) is 2.95. The van der Waals surface area contributed by atoms with Gasteiger partial charge in [0.1, 0.15) is 0 Å². The first-order valence-corrected chi connectivity index (χ1v) is 5.90. The van der Waals surface area contributed by atoms with Crippen LogP contribution in [0.25, 0.3) is 0 Å². The van der Waals surface area contributed by atoms with Gasteiger partial charge in [-0.25, -0.2) is 0 Å². The fourth-order valence-electron chi connectivity index (χ4n) is 2.07. The summed E-state index contributed by atoms with van der Waals surface area (Å²) >= 11 is 0. The van der Waals surface area contributed by atoms with E-state index >= 15 is 0 Å². The van der Waals surface area contributed by atoms with Crippen LogP contribution in [0.1, 0.15) is 12.0 Å². The van der Waals surface area contributed by atoms with Crippen LogP contribution in [0.15, 0.2) is 18.2 Å². The van der Waals surface area contributed by atoms with Gasteiger partial charge in [0, 0.05) is 12.1 Å². The predicted molar refractivity (Wildman–Crippen MR) is 67.5 cm³/mol. The minimum absolute atomic E-state index is 0.0221. The molecule has 0 aromatic heterocycles. The first kappa shape index (κ1) is 11.5. The molecule has 0 radical (unpaired) electrons. The molecule has 86 valence electrons. The van der Waals surface area contributed by atoms with E-state index in [9.17, 15) is 0 Å². The van der Waals surface area contributed by atoms with Crippen LogP contribution in [0.3, 0.4) is 0 Å². The van der Waals surface area contributed by atoms with Gasteiger partial charge in [0.2, 0.25) is 0 Å². The van der Waals surface area contributed by atoms with Gasteiger partial charge in [0.05, 0.1) is 13.2 Å². The molecule has 2 N–H and O–H groups in total. The molecule has 0 amide bonds. The van der Waals surface area contributed by atoms with Crippen molar-refractivity contribution in [1.29, 1.82) is 0 Å². The molecular formula is C12H18BNO2. The van der Waals surface area contributed by atoms with E-state index < -0.39 is 0 Å². The molecule has 1 aromatic rings. The van der Waals surface area contributed by atoms with Gasteiger partial charge in [0.15, 0.2) is 13.6 Å². The molecule has 0 unspecified atom stereocenters. The summed E-state index contributed by atoms with van der Waals surface area (Å²) < 4.78 is 10.8. The first-order valence-electron chi connectivity index (χ1n) is 5.90. The third-order valence-electron chi connectivity index (χ3n) is 2.95. The summed E-state index contributed by atoms with van der Waals surface area (Å²) in [7, 11) is 1.04. The highest BCUT2D eigenvalue weighted by Gasteiger charge is 2.16. The predicted octanol–water partition coefficient (Wildman–Crippen LogP) is 0.684. The van der Waals surface area contributed by atoms with Crippen LogP contribution < -0.4 is 11.2 Å². The molecule has 0 saturated carbocycles. The quantitative estimate of drug-likeness (QED) is 0.598. The Balaban J connectivity index is 1.98. The Kier molecular flexibility index (Phi) is 3.85. The van der Waals surface area contributed by atoms with Crippen LogP contribution in [-0.2, 0) is 15.9 Å². The number of aryl methyl sites for hydroxylation is 1. The lowest BCUT2D eigenvalue weighted by Gasteiger charge is -2.12. The lowest BCUT2D eigenvalue weighted by Crippen LogP contribution is -2.19. The van der Waals surface area contributed by atoms with Crippen molar-refractivity contribution in [2.75, 3.05) is 18.9 Å². The average Bonchev–Trinajstić information content (AvgIpc) is 2.79. The fourth-order valence-corrected chi connectivity index (χ4v) is 2.07. The Morgan fingerprint density at radius 2 is 2.12 bits per heavy atom. The zero-order chi connectivity index (χ0) is 11.4. The van der Waals surface area contributed by atoms with E-state index in [1.54, 1.807) is 0 Å². The lowest BCUT2D eigenvalue weighted by molar-refractivity contribution is -0.0461. The zero-order valence-electron chi connectivity index (χ0n) is 9.74. The average molecular weight is 219 g/mol. The van der Waals surface area contributed by atoms with E-state index in [2.05, 4.69) is 19.0 Å². The maximum absolute atomic E-state index is 5.80. The van der Waals surface area contributed by atoms with E-state index in [0.717, 1.165) is 39.0 Å². The molecule has 0 spiro atoms. The first-order chi connectivity index (χ1) is 7.79. The third kappa shape index (κ3) is 2.77. The molecular weight excluding hydrogens is 201 g/mol. The van der Waals surface area contributed by atoms with Gasteiger partial charge in [-0.05, 0) is 18.6 Å². The van der Waals surface area contributed by atoms with E-state index in [1.165, 1.54) is 11.0 Å². The molecule has 3 nitrogen and oxygen atoms in total. The number of nitrogens with two attached hydrogens (primary N) is 1. The molecule has 0 aliphatic carbocycles. The van der Waals surface area contributed by atoms with Gasteiger partial charge in [-0.15, -0.1) is 0 Å². The summed E-state index contributed by atoms with van der Waals surface area (Å²) in [6.45, 7) is 3.61. The molecule has 1 aliphatic heterocycles. The van der Waals surface area contributed by atoms with Crippen molar-refractivity contribution in [1.82, 2.24) is 0 Å². The molecule has 2 rings (SSSR count). The second-order valence-electron chi connectivity index (χ2n) is 4.09. The van der Waals surface area contributed by atoms with Crippen molar-refractivity contribution in [3.8, 4) is 0 Å². The number of hydrogen-bond acceptors (Lipinski definition) is 3. The minimum Gasteiger partial charge on any atom is -0.399 e. The Labute approximate surface area is 97.2 Å². The molecule has 1 saturated heterocycles. The number of benzene rings is 1. The van der Waals surface area contributed by atoms with Crippen molar-refractivity contribution in [3.63, 3.8) is 0 Å². The SMILES string of the molecule is CBc1ccc(N)cc1CCC1OCCO1. The molecule has 1 heterocycles. The highest BCUT2D eigenvalue weighted by Crippen LogP contribution is 2.13. The summed E-state index contributed by atoms with van der Waals surface area (Å²) in [6, 6.07) is 6.14. The summed E-state index contributed by atoms with van der Waals surface area (Å²) in [5.74, 6) is 0. The highest BCUT2D eigenvalue weighted by atomic mass is 16.7. The Bertz CT molecular complexity index is 351. The normalized spacial score (nSPS) is 16.6. The molecule has 1 aliphatic rings. The number of anilines is 1. The Hall–Kier alpha value is -0.995. The second kappa shape index (κ2) is 5.37. The zero-order valence-corrected chi connectivity index (χ0v) is 9.74. The number of rotatable bonds is 4. The molecule has 0 bridgehead atoms. The summed E-state index contributed by atoms with van der Waals surface area (Å²) in [4.78, 5) is 0. The highest BCUT2D eigenvalue weighted by molar-refractivity contribution is 6.52. The van der Waals surface area contributed by atoms with Crippen LogP contribution in [0.2, 0.25) is 6.82 Å². The van der Waals surface area contributed by atoms with Gasteiger partial charge in [0.25, 0.3) is 0 Å². The number of hydrogen-bond donors (Lipinski definition) is 1. The van der Waals surface area contributed by atoms with E-state index in [4.69, 9.17) is 15.2 Å². The van der Waals surface area contributed by atoms with Gasteiger partial charge in [-0.2, -0.15) is 0 Å². The van der Waals surface area contributed by atoms with Crippen molar-refractivity contribution in [2.24, 2.45) is 0 Å². The van der Waals surface area contributed by atoms with Gasteiger partial charge in [-0.1, -0.05) is 23.9 Å². The summed E-state index contributed by atoms with van der Waals surface area (Å²) in [5.41, 5.74) is 9.33. The van der Waals surface area contributed by atoms with Crippen LogP contribution in [0.4, 0.5) is 5.69 Å². The van der Waals surface area contributed by atoms with Crippen LogP contribution in [0.5, 0.6) is 0 Å². The smallest absolute Gasteiger partial charge is 0.158 e. The standard InChI is InChI=1S/C12H18BNO2/c1-13-11-4-3-10(14)8-9(11)2-5-12-15-6-7-16-12/h3-4,8,12-13H,2,5-7,14H2,1H3. The number of nitrogen functional groups attached to an aromatic ring is 1. The van der Waals surface area contributed by atoms with Crippen LogP contribution >= 0.6 is 0 Å². The van der Waals surface area contributed by atoms with Crippen molar-refractivity contribution >= 4 is 18.4 Å². The van der Waals surface area contributed by atoms with E-state index in [1.807, 2.05) is 6.07 Å². The van der Waals surface area contributed by atoms with Crippen LogP contribution in [-0.4, -0.2) is 26.8 Å². The monoisotopic (exact) mass is 219 g/mol. The van der Waals surface area contributed by atoms with Gasteiger partial charge >= 0.3 is 0 Å². The molecule has 1 fully saturated rings. The topological polar surface area (TPSA) is 44.5 Å². The lowest BCUT2D eigenvalue weighted by atomic mass is 9.70. The van der Waals surface area contributed by atoms with E-state index in [-0.39, 0.29) is 6.29 Å². The van der Waals surface area contributed by atoms with Crippen molar-refractivity contribution < 1.29 is 9.47 Å². The Morgan fingerprint density at radius 1 is 1.38 bits per heavy atom. The van der Waals surface area contributed by atoms with E-state index in [0.29, 0.717) is 0 Å². The molecule has 0 atom stereocenters. The second-order valence-corrected chi connectivity index (χ2v) is 4.09. The largest absolute Gasteiger partial charge is 0.399 e. The van der Waals surface area contributed by atoms with Gasteiger partial charge < -0.3 is 15.2 Å². The fraction of sp³-hybridized carbons (Fsp3) is 0.500. The van der Waals surface area contributed by atoms with Crippen LogP contribution in [0, 0.1) is 0 Å². The summed E-state index contributed by atoms with van der Waals surface area (Å²) in [5, 5.41) is 0. The number of ether oxygens (including phenoxy) is 2. The Morgan fingerprint density at radius 3 is 2.81 bits per heavy atom. The molecule has 1 aromatic carbocycles. The molecule has 4 heteroatoms. The maximum atomic E-state index is 5.80.